The van der Waals surface area contributed by atoms with Gasteiger partial charge in [0.25, 0.3) is 0 Å². The Morgan fingerprint density at radius 3 is 2.59 bits per heavy atom. The van der Waals surface area contributed by atoms with E-state index in [2.05, 4.69) is 10.3 Å². The maximum atomic E-state index is 13.0. The molecule has 3 nitrogen and oxygen atoms in total. The van der Waals surface area contributed by atoms with Crippen molar-refractivity contribution in [2.45, 2.75) is 6.92 Å². The number of halogens is 2. The molecule has 0 aliphatic rings. The number of aryl methyl sites for hydroxylation is 1. The summed E-state index contributed by atoms with van der Waals surface area (Å²) in [5.41, 5.74) is 7.34. The molecule has 0 fully saturated rings. The quantitative estimate of drug-likeness (QED) is 0.841. The van der Waals surface area contributed by atoms with Gasteiger partial charge in [-0.3, -0.25) is 0 Å². The summed E-state index contributed by atoms with van der Waals surface area (Å²) in [6.45, 7) is 1.82. The van der Waals surface area contributed by atoms with Crippen molar-refractivity contribution in [2.75, 3.05) is 11.1 Å². The summed E-state index contributed by atoms with van der Waals surface area (Å²) < 4.78 is 25.7. The van der Waals surface area contributed by atoms with Crippen molar-refractivity contribution in [1.29, 1.82) is 0 Å². The number of nitrogens with zero attached hydrogens (tertiary/aromatic N) is 1. The Morgan fingerprint density at radius 2 is 1.88 bits per heavy atom. The van der Waals surface area contributed by atoms with Gasteiger partial charge >= 0.3 is 0 Å². The van der Waals surface area contributed by atoms with Crippen molar-refractivity contribution in [3.05, 3.63) is 47.7 Å². The Bertz CT molecular complexity index is 555. The highest BCUT2D eigenvalue weighted by Gasteiger charge is 2.05. The van der Waals surface area contributed by atoms with Gasteiger partial charge < -0.3 is 11.1 Å². The average molecular weight is 235 g/mol. The van der Waals surface area contributed by atoms with E-state index in [4.69, 9.17) is 5.73 Å². The first-order valence-corrected chi connectivity index (χ1v) is 5.01. The molecule has 0 amide bonds. The van der Waals surface area contributed by atoms with Crippen molar-refractivity contribution in [2.24, 2.45) is 0 Å². The lowest BCUT2D eigenvalue weighted by molar-refractivity contribution is 0.509. The van der Waals surface area contributed by atoms with Gasteiger partial charge in [-0.1, -0.05) is 0 Å². The predicted octanol–water partition coefficient (Wildman–Crippen LogP) is 2.99. The maximum Gasteiger partial charge on any atom is 0.160 e. The second kappa shape index (κ2) is 4.37. The SMILES string of the molecule is Cc1ccc(N)c(Nc2ccc(F)c(F)c2)n1. The molecule has 17 heavy (non-hydrogen) atoms. The highest BCUT2D eigenvalue weighted by Crippen LogP contribution is 2.22. The molecule has 1 aromatic carbocycles. The highest BCUT2D eigenvalue weighted by atomic mass is 19.2. The maximum absolute atomic E-state index is 13.0. The van der Waals surface area contributed by atoms with Crippen LogP contribution in [0.25, 0.3) is 0 Å². The Balaban J connectivity index is 2.31. The third-order valence-corrected chi connectivity index (χ3v) is 2.25. The first kappa shape index (κ1) is 11.3. The van der Waals surface area contributed by atoms with Gasteiger partial charge in [0.05, 0.1) is 5.69 Å². The number of nitrogen functional groups attached to an aromatic ring is 1. The first-order valence-electron chi connectivity index (χ1n) is 5.01. The molecule has 0 saturated carbocycles. The van der Waals surface area contributed by atoms with E-state index in [1.807, 2.05) is 6.92 Å². The largest absolute Gasteiger partial charge is 0.396 e. The van der Waals surface area contributed by atoms with Crippen LogP contribution in [0, 0.1) is 18.6 Å². The number of pyridine rings is 1. The zero-order valence-electron chi connectivity index (χ0n) is 9.17. The number of benzene rings is 1. The lowest BCUT2D eigenvalue weighted by Crippen LogP contribution is -2.00. The van der Waals surface area contributed by atoms with Crippen LogP contribution in [-0.2, 0) is 0 Å². The summed E-state index contributed by atoms with van der Waals surface area (Å²) in [5, 5.41) is 2.84. The van der Waals surface area contributed by atoms with E-state index in [1.165, 1.54) is 6.07 Å². The molecule has 0 spiro atoms. The fourth-order valence-corrected chi connectivity index (χ4v) is 1.38. The van der Waals surface area contributed by atoms with Crippen LogP contribution in [0.15, 0.2) is 30.3 Å². The summed E-state index contributed by atoms with van der Waals surface area (Å²) in [6.07, 6.45) is 0. The van der Waals surface area contributed by atoms with Gasteiger partial charge in [-0.25, -0.2) is 13.8 Å². The molecular weight excluding hydrogens is 224 g/mol. The fraction of sp³-hybridized carbons (Fsp3) is 0.0833. The van der Waals surface area contributed by atoms with Gasteiger partial charge in [0.1, 0.15) is 0 Å². The third-order valence-electron chi connectivity index (χ3n) is 2.25. The Labute approximate surface area is 97.3 Å². The topological polar surface area (TPSA) is 50.9 Å². The minimum absolute atomic E-state index is 0.397. The summed E-state index contributed by atoms with van der Waals surface area (Å²) >= 11 is 0. The molecular formula is C12H11F2N3. The third kappa shape index (κ3) is 2.50. The summed E-state index contributed by atoms with van der Waals surface area (Å²) in [5.74, 6) is -1.38. The van der Waals surface area contributed by atoms with Crippen LogP contribution in [0.3, 0.4) is 0 Å². The summed E-state index contributed by atoms with van der Waals surface area (Å²) in [4.78, 5) is 4.17. The Hall–Kier alpha value is -2.17. The van der Waals surface area contributed by atoms with Gasteiger partial charge in [0.2, 0.25) is 0 Å². The number of aromatic nitrogens is 1. The zero-order valence-corrected chi connectivity index (χ0v) is 9.17. The van der Waals surface area contributed by atoms with Crippen LogP contribution < -0.4 is 11.1 Å². The molecule has 0 aliphatic heterocycles. The van der Waals surface area contributed by atoms with E-state index in [1.54, 1.807) is 12.1 Å². The number of hydrogen-bond donors (Lipinski definition) is 2. The average Bonchev–Trinajstić information content (AvgIpc) is 2.29. The van der Waals surface area contributed by atoms with Gasteiger partial charge in [-0.15, -0.1) is 0 Å². The highest BCUT2D eigenvalue weighted by molar-refractivity contribution is 5.68. The smallest absolute Gasteiger partial charge is 0.160 e. The molecule has 0 radical (unpaired) electrons. The standard InChI is InChI=1S/C12H11F2N3/c1-7-2-5-11(15)12(16-7)17-8-3-4-9(13)10(14)6-8/h2-6H,15H2,1H3,(H,16,17). The first-order chi connectivity index (χ1) is 8.06. The van der Waals surface area contributed by atoms with Gasteiger partial charge in [0.15, 0.2) is 17.5 Å². The summed E-state index contributed by atoms with van der Waals surface area (Å²) in [6, 6.07) is 6.99. The number of rotatable bonds is 2. The lowest BCUT2D eigenvalue weighted by atomic mass is 10.3. The van der Waals surface area contributed by atoms with Gasteiger partial charge in [-0.2, -0.15) is 0 Å². The normalized spacial score (nSPS) is 10.3. The zero-order chi connectivity index (χ0) is 12.4. The summed E-state index contributed by atoms with van der Waals surface area (Å²) in [7, 11) is 0. The van der Waals surface area contributed by atoms with Gasteiger partial charge in [-0.05, 0) is 31.2 Å². The number of hydrogen-bond acceptors (Lipinski definition) is 3. The van der Waals surface area contributed by atoms with Crippen LogP contribution in [0.1, 0.15) is 5.69 Å². The molecule has 2 aromatic rings. The van der Waals surface area contributed by atoms with Crippen molar-refractivity contribution in [3.63, 3.8) is 0 Å². The van der Waals surface area contributed by atoms with E-state index >= 15 is 0 Å². The molecule has 1 heterocycles. The monoisotopic (exact) mass is 235 g/mol. The van der Waals surface area contributed by atoms with Crippen molar-refractivity contribution >= 4 is 17.2 Å². The van der Waals surface area contributed by atoms with Crippen LogP contribution in [0.4, 0.5) is 26.0 Å². The second-order valence-electron chi connectivity index (χ2n) is 3.64. The molecule has 0 bridgehead atoms. The molecule has 0 unspecified atom stereocenters. The molecule has 88 valence electrons. The van der Waals surface area contributed by atoms with Crippen molar-refractivity contribution in [1.82, 2.24) is 4.98 Å². The van der Waals surface area contributed by atoms with Gasteiger partial charge in [0, 0.05) is 17.4 Å². The molecule has 2 rings (SSSR count). The molecule has 5 heteroatoms. The second-order valence-corrected chi connectivity index (χ2v) is 3.64. The molecule has 0 saturated heterocycles. The van der Waals surface area contributed by atoms with Crippen LogP contribution in [0.2, 0.25) is 0 Å². The van der Waals surface area contributed by atoms with E-state index < -0.39 is 11.6 Å². The predicted molar refractivity (Wildman–Crippen MR) is 63.0 cm³/mol. The Kier molecular flexibility index (Phi) is 2.91. The van der Waals surface area contributed by atoms with Crippen LogP contribution >= 0.6 is 0 Å². The van der Waals surface area contributed by atoms with Crippen LogP contribution in [0.5, 0.6) is 0 Å². The minimum Gasteiger partial charge on any atom is -0.396 e. The molecule has 3 N–H and O–H groups in total. The van der Waals surface area contributed by atoms with Crippen LogP contribution in [-0.4, -0.2) is 4.98 Å². The van der Waals surface area contributed by atoms with E-state index in [-0.39, 0.29) is 0 Å². The van der Waals surface area contributed by atoms with E-state index in [0.717, 1.165) is 17.8 Å². The lowest BCUT2D eigenvalue weighted by Gasteiger charge is -2.09. The minimum atomic E-state index is -0.916. The molecule has 1 aromatic heterocycles. The molecule has 0 aliphatic carbocycles. The van der Waals surface area contributed by atoms with E-state index in [0.29, 0.717) is 17.2 Å². The molecule has 0 atom stereocenters. The van der Waals surface area contributed by atoms with Crippen molar-refractivity contribution in [3.8, 4) is 0 Å². The Morgan fingerprint density at radius 1 is 1.12 bits per heavy atom. The number of anilines is 3. The fourth-order valence-electron chi connectivity index (χ4n) is 1.38. The number of nitrogens with one attached hydrogen (secondary N) is 1. The van der Waals surface area contributed by atoms with E-state index in [9.17, 15) is 8.78 Å². The van der Waals surface area contributed by atoms with Crippen molar-refractivity contribution < 1.29 is 8.78 Å². The number of nitrogens with two attached hydrogens (primary N) is 1.